The molecule has 1 aromatic carbocycles. The molecule has 28 heavy (non-hydrogen) atoms. The van der Waals surface area contributed by atoms with Gasteiger partial charge in [0.2, 0.25) is 0 Å². The first-order valence-corrected chi connectivity index (χ1v) is 9.35. The van der Waals surface area contributed by atoms with Gasteiger partial charge >= 0.3 is 5.97 Å². The molecular formula is C20H20N2O5S. The lowest BCUT2D eigenvalue weighted by Gasteiger charge is -2.08. The molecule has 146 valence electrons. The van der Waals surface area contributed by atoms with Gasteiger partial charge in [-0.1, -0.05) is 17.3 Å². The summed E-state index contributed by atoms with van der Waals surface area (Å²) >= 11 is 1.28. The van der Waals surface area contributed by atoms with E-state index in [0.29, 0.717) is 27.6 Å². The standard InChI is InChI=1S/C20H20N2O5S/c1-11-6-5-7-14(8-11)26-10-16-13(3)27-22-17(16)18(23)21-19-15(20(24)25-4)9-12(2)28-19/h5-9H,10H2,1-4H3,(H,21,23). The molecule has 0 saturated heterocycles. The average molecular weight is 400 g/mol. The summed E-state index contributed by atoms with van der Waals surface area (Å²) in [5.41, 5.74) is 2.04. The van der Waals surface area contributed by atoms with Crippen LogP contribution in [0, 0.1) is 20.8 Å². The van der Waals surface area contributed by atoms with Crippen LogP contribution in [0.5, 0.6) is 5.75 Å². The smallest absolute Gasteiger partial charge is 0.340 e. The van der Waals surface area contributed by atoms with Gasteiger partial charge in [-0.15, -0.1) is 11.3 Å². The number of carbonyl (C=O) groups excluding carboxylic acids is 2. The van der Waals surface area contributed by atoms with Crippen LogP contribution in [0.1, 0.15) is 42.6 Å². The third kappa shape index (κ3) is 4.23. The van der Waals surface area contributed by atoms with Crippen LogP contribution in [-0.4, -0.2) is 24.1 Å². The Balaban J connectivity index is 1.79. The number of methoxy groups -OCH3 is 1. The zero-order valence-electron chi connectivity index (χ0n) is 16.0. The summed E-state index contributed by atoms with van der Waals surface area (Å²) < 4.78 is 15.7. The molecule has 3 rings (SSSR count). The number of nitrogens with zero attached hydrogens (tertiary/aromatic N) is 1. The first-order chi connectivity index (χ1) is 13.4. The van der Waals surface area contributed by atoms with Crippen molar-refractivity contribution < 1.29 is 23.6 Å². The highest BCUT2D eigenvalue weighted by molar-refractivity contribution is 7.16. The Hall–Kier alpha value is -3.13. The topological polar surface area (TPSA) is 90.7 Å². The number of anilines is 1. The van der Waals surface area contributed by atoms with Gasteiger partial charge in [0.05, 0.1) is 18.2 Å². The zero-order chi connectivity index (χ0) is 20.3. The van der Waals surface area contributed by atoms with Crippen LogP contribution in [0.4, 0.5) is 5.00 Å². The van der Waals surface area contributed by atoms with Gasteiger partial charge in [0.1, 0.15) is 23.1 Å². The number of hydrogen-bond donors (Lipinski definition) is 1. The zero-order valence-corrected chi connectivity index (χ0v) is 16.8. The van der Waals surface area contributed by atoms with Crippen LogP contribution >= 0.6 is 11.3 Å². The molecule has 0 bridgehead atoms. The Morgan fingerprint density at radius 2 is 2.00 bits per heavy atom. The minimum absolute atomic E-state index is 0.118. The molecule has 0 atom stereocenters. The quantitative estimate of drug-likeness (QED) is 0.621. The SMILES string of the molecule is COC(=O)c1cc(C)sc1NC(=O)c1noc(C)c1COc1cccc(C)c1. The summed E-state index contributed by atoms with van der Waals surface area (Å²) in [6.07, 6.45) is 0. The maximum absolute atomic E-state index is 12.8. The molecule has 1 amide bonds. The summed E-state index contributed by atoms with van der Waals surface area (Å²) in [5, 5.41) is 6.99. The Labute approximate surface area is 166 Å². The van der Waals surface area contributed by atoms with Gasteiger partial charge in [0, 0.05) is 4.88 Å². The average Bonchev–Trinajstić information content (AvgIpc) is 3.21. The molecular weight excluding hydrogens is 380 g/mol. The van der Waals surface area contributed by atoms with Crippen molar-refractivity contribution in [1.82, 2.24) is 5.16 Å². The molecule has 3 aromatic rings. The van der Waals surface area contributed by atoms with Crippen molar-refractivity contribution in [2.24, 2.45) is 0 Å². The number of carbonyl (C=O) groups is 2. The fourth-order valence-corrected chi connectivity index (χ4v) is 3.53. The minimum Gasteiger partial charge on any atom is -0.489 e. The van der Waals surface area contributed by atoms with Crippen molar-refractivity contribution >= 4 is 28.2 Å². The number of thiophene rings is 1. The summed E-state index contributed by atoms with van der Waals surface area (Å²) in [7, 11) is 1.29. The summed E-state index contributed by atoms with van der Waals surface area (Å²) in [6.45, 7) is 5.66. The van der Waals surface area contributed by atoms with Gasteiger partial charge in [0.25, 0.3) is 5.91 Å². The second-order valence-corrected chi connectivity index (χ2v) is 7.47. The predicted octanol–water partition coefficient (Wildman–Crippen LogP) is 4.28. The Bertz CT molecular complexity index is 1020. The van der Waals surface area contributed by atoms with Crippen LogP contribution < -0.4 is 10.1 Å². The van der Waals surface area contributed by atoms with E-state index in [4.69, 9.17) is 14.0 Å². The first kappa shape index (κ1) is 19.6. The fraction of sp³-hybridized carbons (Fsp3) is 0.250. The number of aromatic nitrogens is 1. The van der Waals surface area contributed by atoms with Crippen molar-refractivity contribution in [3.63, 3.8) is 0 Å². The summed E-state index contributed by atoms with van der Waals surface area (Å²) in [6, 6.07) is 9.28. The monoisotopic (exact) mass is 400 g/mol. The second kappa shape index (κ2) is 8.26. The maximum Gasteiger partial charge on any atom is 0.340 e. The van der Waals surface area contributed by atoms with Gasteiger partial charge in [-0.3, -0.25) is 4.79 Å². The fourth-order valence-electron chi connectivity index (χ4n) is 2.63. The summed E-state index contributed by atoms with van der Waals surface area (Å²) in [4.78, 5) is 25.5. The van der Waals surface area contributed by atoms with Gasteiger partial charge in [-0.2, -0.15) is 0 Å². The van der Waals surface area contributed by atoms with E-state index in [2.05, 4.69) is 10.5 Å². The molecule has 0 radical (unpaired) electrons. The molecule has 0 saturated carbocycles. The number of aryl methyl sites for hydroxylation is 3. The lowest BCUT2D eigenvalue weighted by molar-refractivity contribution is 0.0602. The first-order valence-electron chi connectivity index (χ1n) is 8.53. The lowest BCUT2D eigenvalue weighted by atomic mass is 10.2. The van der Waals surface area contributed by atoms with E-state index in [9.17, 15) is 9.59 Å². The Kier molecular flexibility index (Phi) is 5.79. The molecule has 2 heterocycles. The minimum atomic E-state index is -0.515. The molecule has 0 aliphatic carbocycles. The molecule has 0 spiro atoms. The Morgan fingerprint density at radius 3 is 2.71 bits per heavy atom. The van der Waals surface area contributed by atoms with E-state index in [1.165, 1.54) is 18.4 Å². The number of rotatable bonds is 6. The molecule has 2 aromatic heterocycles. The lowest BCUT2D eigenvalue weighted by Crippen LogP contribution is -2.16. The third-order valence-electron chi connectivity index (χ3n) is 4.06. The van der Waals surface area contributed by atoms with Gasteiger partial charge in [-0.25, -0.2) is 4.79 Å². The van der Waals surface area contributed by atoms with Crippen LogP contribution in [0.3, 0.4) is 0 Å². The van der Waals surface area contributed by atoms with Crippen LogP contribution in [0.25, 0.3) is 0 Å². The predicted molar refractivity (Wildman–Crippen MR) is 105 cm³/mol. The van der Waals surface area contributed by atoms with E-state index in [1.54, 1.807) is 13.0 Å². The van der Waals surface area contributed by atoms with Crippen LogP contribution in [-0.2, 0) is 11.3 Å². The number of ether oxygens (including phenoxy) is 2. The highest BCUT2D eigenvalue weighted by Crippen LogP contribution is 2.29. The number of esters is 1. The molecule has 7 nitrogen and oxygen atoms in total. The Morgan fingerprint density at radius 1 is 1.21 bits per heavy atom. The maximum atomic E-state index is 12.8. The van der Waals surface area contributed by atoms with E-state index >= 15 is 0 Å². The van der Waals surface area contributed by atoms with E-state index in [1.807, 2.05) is 38.1 Å². The second-order valence-electron chi connectivity index (χ2n) is 6.22. The largest absolute Gasteiger partial charge is 0.489 e. The van der Waals surface area contributed by atoms with Crippen molar-refractivity contribution in [2.45, 2.75) is 27.4 Å². The number of amides is 1. The van der Waals surface area contributed by atoms with Crippen molar-refractivity contribution in [2.75, 3.05) is 12.4 Å². The summed E-state index contributed by atoms with van der Waals surface area (Å²) in [5.74, 6) is 0.188. The van der Waals surface area contributed by atoms with Crippen LogP contribution in [0.2, 0.25) is 0 Å². The molecule has 0 aliphatic rings. The van der Waals surface area contributed by atoms with Gasteiger partial charge in [-0.05, 0) is 44.5 Å². The van der Waals surface area contributed by atoms with Gasteiger partial charge < -0.3 is 19.3 Å². The van der Waals surface area contributed by atoms with Gasteiger partial charge in [0.15, 0.2) is 5.69 Å². The van der Waals surface area contributed by atoms with E-state index < -0.39 is 11.9 Å². The molecule has 0 aliphatic heterocycles. The van der Waals surface area contributed by atoms with Crippen LogP contribution in [0.15, 0.2) is 34.9 Å². The third-order valence-corrected chi connectivity index (χ3v) is 5.03. The van der Waals surface area contributed by atoms with E-state index in [-0.39, 0.29) is 12.3 Å². The molecule has 0 unspecified atom stereocenters. The van der Waals surface area contributed by atoms with Crippen molar-refractivity contribution in [3.8, 4) is 5.75 Å². The highest BCUT2D eigenvalue weighted by Gasteiger charge is 2.23. The molecule has 0 fully saturated rings. The number of hydrogen-bond acceptors (Lipinski definition) is 7. The molecule has 8 heteroatoms. The van der Waals surface area contributed by atoms with E-state index in [0.717, 1.165) is 10.4 Å². The number of nitrogens with one attached hydrogen (secondary N) is 1. The highest BCUT2D eigenvalue weighted by atomic mass is 32.1. The normalized spacial score (nSPS) is 10.6. The van der Waals surface area contributed by atoms with Crippen molar-refractivity contribution in [1.29, 1.82) is 0 Å². The number of benzene rings is 1. The molecule has 1 N–H and O–H groups in total. The van der Waals surface area contributed by atoms with Crippen molar-refractivity contribution in [3.05, 3.63) is 63.4 Å².